The van der Waals surface area contributed by atoms with Gasteiger partial charge in [-0.1, -0.05) is 5.11 Å². The van der Waals surface area contributed by atoms with Crippen LogP contribution in [0.4, 0.5) is 4.79 Å². The molecular weight excluding hydrogens is 274 g/mol. The fraction of sp³-hybridized carbons (Fsp3) is 0.923. The number of nitrogens with one attached hydrogen (secondary N) is 1. The van der Waals surface area contributed by atoms with Gasteiger partial charge >= 0.3 is 6.09 Å². The molecule has 1 amide bonds. The third-order valence-electron chi connectivity index (χ3n) is 3.06. The van der Waals surface area contributed by atoms with Crippen LogP contribution >= 0.6 is 0 Å². The Morgan fingerprint density at radius 2 is 2.19 bits per heavy atom. The van der Waals surface area contributed by atoms with Gasteiger partial charge in [0.2, 0.25) is 0 Å². The number of azide groups is 1. The molecule has 0 unspecified atom stereocenters. The molecular formula is C13H25N5O3. The van der Waals surface area contributed by atoms with Gasteiger partial charge in [-0.25, -0.2) is 4.79 Å². The first-order valence-corrected chi connectivity index (χ1v) is 7.22. The zero-order valence-electron chi connectivity index (χ0n) is 12.9. The van der Waals surface area contributed by atoms with E-state index >= 15 is 0 Å². The summed E-state index contributed by atoms with van der Waals surface area (Å²) < 4.78 is 5.20. The Hall–Kier alpha value is -1.50. The number of aliphatic hydroxyl groups is 1. The first-order chi connectivity index (χ1) is 9.81. The van der Waals surface area contributed by atoms with Gasteiger partial charge in [-0.3, -0.25) is 0 Å². The van der Waals surface area contributed by atoms with E-state index in [2.05, 4.69) is 15.3 Å². The van der Waals surface area contributed by atoms with Gasteiger partial charge in [0.25, 0.3) is 0 Å². The van der Waals surface area contributed by atoms with Gasteiger partial charge in [-0.05, 0) is 45.7 Å². The van der Waals surface area contributed by atoms with Crippen LogP contribution < -0.4 is 5.32 Å². The molecule has 2 saturated heterocycles. The van der Waals surface area contributed by atoms with Crippen molar-refractivity contribution in [2.24, 2.45) is 5.11 Å². The predicted molar refractivity (Wildman–Crippen MR) is 78.9 cm³/mol. The van der Waals surface area contributed by atoms with E-state index in [1.807, 2.05) is 20.8 Å². The minimum atomic E-state index is -0.479. The molecule has 0 aromatic rings. The number of β-amino-alcohol motifs (C(OH)–C–C–N with tert-alkyl or cyclic N) is 1. The number of aliphatic hydroxyl groups excluding tert-OH is 1. The Labute approximate surface area is 125 Å². The van der Waals surface area contributed by atoms with E-state index in [1.165, 1.54) is 0 Å². The molecule has 0 saturated carbocycles. The summed E-state index contributed by atoms with van der Waals surface area (Å²) in [5, 5.41) is 15.3. The number of amides is 1. The van der Waals surface area contributed by atoms with Crippen molar-refractivity contribution in [3.8, 4) is 0 Å². The summed E-state index contributed by atoms with van der Waals surface area (Å²) >= 11 is 0. The highest BCUT2D eigenvalue weighted by atomic mass is 16.6. The van der Waals surface area contributed by atoms with Crippen LogP contribution in [0, 0.1) is 0 Å². The van der Waals surface area contributed by atoms with Gasteiger partial charge in [-0.2, -0.15) is 0 Å². The maximum Gasteiger partial charge on any atom is 0.410 e. The summed E-state index contributed by atoms with van der Waals surface area (Å²) in [6.45, 7) is 8.31. The SMILES string of the molecule is CC(C)(C)OC(=O)N1CC[C@@H](N=[N+]=[N-])C1.O[C@@H]1CCNC1. The number of carbonyl (C=O) groups is 1. The molecule has 2 N–H and O–H groups in total. The molecule has 2 fully saturated rings. The first kappa shape index (κ1) is 17.6. The molecule has 21 heavy (non-hydrogen) atoms. The zero-order valence-corrected chi connectivity index (χ0v) is 12.9. The molecule has 2 aliphatic rings. The quantitative estimate of drug-likeness (QED) is 0.435. The summed E-state index contributed by atoms with van der Waals surface area (Å²) in [4.78, 5) is 15.9. The van der Waals surface area contributed by atoms with Gasteiger partial charge in [-0.15, -0.1) is 0 Å². The number of hydrogen-bond donors (Lipinski definition) is 2. The van der Waals surface area contributed by atoms with Crippen LogP contribution in [-0.2, 0) is 4.74 Å². The zero-order chi connectivity index (χ0) is 15.9. The van der Waals surface area contributed by atoms with Crippen molar-refractivity contribution in [2.75, 3.05) is 26.2 Å². The van der Waals surface area contributed by atoms with Crippen LogP contribution in [0.25, 0.3) is 10.4 Å². The van der Waals surface area contributed by atoms with Crippen molar-refractivity contribution in [2.45, 2.75) is 51.4 Å². The molecule has 2 atom stereocenters. The summed E-state index contributed by atoms with van der Waals surface area (Å²) in [6.07, 6.45) is 1.24. The maximum atomic E-state index is 11.6. The van der Waals surface area contributed by atoms with E-state index in [0.717, 1.165) is 19.5 Å². The molecule has 2 rings (SSSR count). The lowest BCUT2D eigenvalue weighted by atomic mass is 10.2. The monoisotopic (exact) mass is 299 g/mol. The lowest BCUT2D eigenvalue weighted by molar-refractivity contribution is 0.0293. The van der Waals surface area contributed by atoms with Gasteiger partial charge in [0.05, 0.1) is 12.1 Å². The topological polar surface area (TPSA) is 111 Å². The number of rotatable bonds is 1. The highest BCUT2D eigenvalue weighted by molar-refractivity contribution is 5.68. The molecule has 0 bridgehead atoms. The number of nitrogens with zero attached hydrogens (tertiary/aromatic N) is 4. The van der Waals surface area contributed by atoms with Crippen molar-refractivity contribution < 1.29 is 14.6 Å². The van der Waals surface area contributed by atoms with Gasteiger partial charge in [0.1, 0.15) is 5.60 Å². The van der Waals surface area contributed by atoms with Crippen LogP contribution in [-0.4, -0.2) is 60.0 Å². The minimum absolute atomic E-state index is 0.0648. The summed E-state index contributed by atoms with van der Waals surface area (Å²) in [5.41, 5.74) is 7.78. The summed E-state index contributed by atoms with van der Waals surface area (Å²) in [7, 11) is 0. The highest BCUT2D eigenvalue weighted by Gasteiger charge is 2.28. The third kappa shape index (κ3) is 7.17. The van der Waals surface area contributed by atoms with Crippen LogP contribution in [0.15, 0.2) is 5.11 Å². The Balaban J connectivity index is 0.000000304. The van der Waals surface area contributed by atoms with Crippen LogP contribution in [0.3, 0.4) is 0 Å². The molecule has 0 aromatic carbocycles. The second-order valence-corrected chi connectivity index (χ2v) is 6.22. The molecule has 0 aliphatic carbocycles. The van der Waals surface area contributed by atoms with Gasteiger partial charge < -0.3 is 20.1 Å². The smallest absolute Gasteiger partial charge is 0.410 e. The van der Waals surface area contributed by atoms with Crippen molar-refractivity contribution in [1.82, 2.24) is 10.2 Å². The van der Waals surface area contributed by atoms with Crippen molar-refractivity contribution in [3.05, 3.63) is 10.4 Å². The number of hydrogen-bond acceptors (Lipinski definition) is 5. The van der Waals surface area contributed by atoms with Crippen molar-refractivity contribution in [3.63, 3.8) is 0 Å². The second-order valence-electron chi connectivity index (χ2n) is 6.22. The number of likely N-dealkylation sites (tertiary alicyclic amines) is 1. The van der Waals surface area contributed by atoms with E-state index in [0.29, 0.717) is 19.5 Å². The van der Waals surface area contributed by atoms with Gasteiger partial charge in [0.15, 0.2) is 0 Å². The van der Waals surface area contributed by atoms with Crippen LogP contribution in [0.5, 0.6) is 0 Å². The molecule has 8 nitrogen and oxygen atoms in total. The molecule has 2 aliphatic heterocycles. The number of ether oxygens (including phenoxy) is 1. The van der Waals surface area contributed by atoms with Crippen molar-refractivity contribution >= 4 is 6.09 Å². The Bertz CT molecular complexity index is 384. The fourth-order valence-corrected chi connectivity index (χ4v) is 2.04. The summed E-state index contributed by atoms with van der Waals surface area (Å²) in [5.74, 6) is 0. The average molecular weight is 299 g/mol. The van der Waals surface area contributed by atoms with E-state index in [1.54, 1.807) is 4.90 Å². The molecule has 8 heteroatoms. The Kier molecular flexibility index (Phi) is 6.74. The van der Waals surface area contributed by atoms with Gasteiger partial charge in [0, 0.05) is 24.5 Å². The molecule has 2 heterocycles. The van der Waals surface area contributed by atoms with Crippen LogP contribution in [0.2, 0.25) is 0 Å². The predicted octanol–water partition coefficient (Wildman–Crippen LogP) is 1.65. The van der Waals surface area contributed by atoms with E-state index < -0.39 is 5.60 Å². The molecule has 0 radical (unpaired) electrons. The summed E-state index contributed by atoms with van der Waals surface area (Å²) in [6, 6.07) is -0.109. The van der Waals surface area contributed by atoms with Crippen LogP contribution in [0.1, 0.15) is 33.6 Å². The first-order valence-electron chi connectivity index (χ1n) is 7.22. The van der Waals surface area contributed by atoms with Crippen molar-refractivity contribution in [1.29, 1.82) is 0 Å². The number of carbonyl (C=O) groups excluding carboxylic acids is 1. The fourth-order valence-electron chi connectivity index (χ4n) is 2.04. The largest absolute Gasteiger partial charge is 0.444 e. The standard InChI is InChI=1S/C9H16N4O2.C4H9NO/c1-9(2,3)15-8(14)13-5-4-7(6-13)11-12-10;6-4-1-2-5-3-4/h7H,4-6H2,1-3H3;4-6H,1-3H2/t7-;4-/m11/s1. The normalized spacial score (nSPS) is 24.9. The molecule has 0 spiro atoms. The average Bonchev–Trinajstić information content (AvgIpc) is 2.99. The maximum absolute atomic E-state index is 11.6. The highest BCUT2D eigenvalue weighted by Crippen LogP contribution is 2.16. The lowest BCUT2D eigenvalue weighted by Crippen LogP contribution is -2.35. The second kappa shape index (κ2) is 8.07. The van der Waals surface area contributed by atoms with E-state index in [4.69, 9.17) is 15.4 Å². The van der Waals surface area contributed by atoms with E-state index in [9.17, 15) is 4.79 Å². The Morgan fingerprint density at radius 3 is 2.62 bits per heavy atom. The van der Waals surface area contributed by atoms with E-state index in [-0.39, 0.29) is 18.2 Å². The third-order valence-corrected chi connectivity index (χ3v) is 3.06. The lowest BCUT2D eigenvalue weighted by Gasteiger charge is -2.24. The Morgan fingerprint density at radius 1 is 1.48 bits per heavy atom. The molecule has 0 aromatic heterocycles. The minimum Gasteiger partial charge on any atom is -0.444 e. The molecule has 120 valence electrons.